The molecule has 0 fully saturated rings. The zero-order valence-electron chi connectivity index (χ0n) is 12.9. The van der Waals surface area contributed by atoms with Gasteiger partial charge in [-0.3, -0.25) is 0 Å². The second kappa shape index (κ2) is 5.57. The van der Waals surface area contributed by atoms with Gasteiger partial charge in [0, 0.05) is 39.0 Å². The third-order valence-electron chi connectivity index (χ3n) is 4.63. The van der Waals surface area contributed by atoms with Gasteiger partial charge in [0.25, 0.3) is 0 Å². The first-order valence-electron chi connectivity index (χ1n) is 7.92. The molecule has 0 amide bonds. The number of hydrogen-bond donors (Lipinski definition) is 1. The molecule has 0 saturated heterocycles. The average Bonchev–Trinajstić information content (AvgIpc) is 3.12. The quantitative estimate of drug-likeness (QED) is 0.802. The van der Waals surface area contributed by atoms with Crippen LogP contribution in [0.4, 0.5) is 0 Å². The van der Waals surface area contributed by atoms with E-state index >= 15 is 0 Å². The van der Waals surface area contributed by atoms with E-state index in [9.17, 15) is 0 Å². The molecule has 114 valence electrons. The minimum atomic E-state index is 0.677. The van der Waals surface area contributed by atoms with Gasteiger partial charge in [0.05, 0.1) is 17.6 Å². The number of benzene rings is 1. The van der Waals surface area contributed by atoms with Gasteiger partial charge in [-0.2, -0.15) is 0 Å². The molecule has 0 saturated carbocycles. The molecule has 22 heavy (non-hydrogen) atoms. The minimum Gasteiger partial charge on any atom is -0.335 e. The maximum Gasteiger partial charge on any atom is 0.123 e. The number of aryl methyl sites for hydroxylation is 2. The van der Waals surface area contributed by atoms with E-state index in [0.717, 1.165) is 37.4 Å². The van der Waals surface area contributed by atoms with Crippen molar-refractivity contribution in [2.24, 2.45) is 13.0 Å². The van der Waals surface area contributed by atoms with Gasteiger partial charge in [-0.05, 0) is 24.5 Å². The van der Waals surface area contributed by atoms with E-state index in [2.05, 4.69) is 50.9 Å². The smallest absolute Gasteiger partial charge is 0.123 e. The zero-order chi connectivity index (χ0) is 14.9. The average molecular weight is 295 g/mol. The third kappa shape index (κ3) is 2.41. The molecule has 5 heteroatoms. The van der Waals surface area contributed by atoms with E-state index in [-0.39, 0.29) is 0 Å². The summed E-state index contributed by atoms with van der Waals surface area (Å²) in [5, 5.41) is 3.58. The van der Waals surface area contributed by atoms with E-state index < -0.39 is 0 Å². The summed E-state index contributed by atoms with van der Waals surface area (Å²) in [5.74, 6) is 3.00. The number of nitrogens with zero attached hydrogens (tertiary/aromatic N) is 4. The molecule has 3 heterocycles. The van der Waals surface area contributed by atoms with Gasteiger partial charge in [0.1, 0.15) is 11.6 Å². The minimum absolute atomic E-state index is 0.677. The fourth-order valence-electron chi connectivity index (χ4n) is 3.35. The highest BCUT2D eigenvalue weighted by atomic mass is 15.1. The number of rotatable bonds is 4. The Labute approximate surface area is 130 Å². The highest BCUT2D eigenvalue weighted by molar-refractivity contribution is 5.75. The van der Waals surface area contributed by atoms with Crippen molar-refractivity contribution in [1.29, 1.82) is 0 Å². The SMILES string of the molecule is Cn1c(CNCC2CCc3nccn3C2)nc2ccccc21. The largest absolute Gasteiger partial charge is 0.335 e. The lowest BCUT2D eigenvalue weighted by Crippen LogP contribution is -2.30. The van der Waals surface area contributed by atoms with Crippen molar-refractivity contribution in [2.75, 3.05) is 6.54 Å². The number of imidazole rings is 2. The van der Waals surface area contributed by atoms with Gasteiger partial charge in [0.2, 0.25) is 0 Å². The summed E-state index contributed by atoms with van der Waals surface area (Å²) in [5.41, 5.74) is 2.27. The van der Waals surface area contributed by atoms with Crippen LogP contribution in [0.2, 0.25) is 0 Å². The molecular weight excluding hydrogens is 274 g/mol. The van der Waals surface area contributed by atoms with Crippen molar-refractivity contribution in [2.45, 2.75) is 25.9 Å². The van der Waals surface area contributed by atoms with Crippen molar-refractivity contribution in [3.63, 3.8) is 0 Å². The van der Waals surface area contributed by atoms with Gasteiger partial charge < -0.3 is 14.5 Å². The van der Waals surface area contributed by atoms with Crippen LogP contribution in [0.5, 0.6) is 0 Å². The molecule has 0 spiro atoms. The Kier molecular flexibility index (Phi) is 3.42. The lowest BCUT2D eigenvalue weighted by atomic mass is 9.99. The Morgan fingerprint density at radius 1 is 1.32 bits per heavy atom. The molecule has 4 rings (SSSR count). The molecule has 1 atom stereocenters. The molecule has 5 nitrogen and oxygen atoms in total. The second-order valence-electron chi connectivity index (χ2n) is 6.11. The van der Waals surface area contributed by atoms with Crippen LogP contribution in [0.15, 0.2) is 36.7 Å². The van der Waals surface area contributed by atoms with E-state index in [0.29, 0.717) is 5.92 Å². The normalized spacial score (nSPS) is 17.8. The van der Waals surface area contributed by atoms with Crippen molar-refractivity contribution in [3.05, 3.63) is 48.3 Å². The highest BCUT2D eigenvalue weighted by Crippen LogP contribution is 2.18. The number of aromatic nitrogens is 4. The maximum atomic E-state index is 4.71. The number of hydrogen-bond acceptors (Lipinski definition) is 3. The Hall–Kier alpha value is -2.14. The van der Waals surface area contributed by atoms with Crippen LogP contribution in [0.1, 0.15) is 18.1 Å². The monoisotopic (exact) mass is 295 g/mol. The predicted molar refractivity (Wildman–Crippen MR) is 86.5 cm³/mol. The molecule has 1 unspecified atom stereocenters. The molecule has 1 aliphatic heterocycles. The Morgan fingerprint density at radius 2 is 2.23 bits per heavy atom. The number of nitrogens with one attached hydrogen (secondary N) is 1. The first-order chi connectivity index (χ1) is 10.8. The molecule has 1 aromatic carbocycles. The second-order valence-corrected chi connectivity index (χ2v) is 6.11. The standard InChI is InChI=1S/C17H21N5/c1-21-15-5-3-2-4-14(15)20-17(21)11-18-10-13-6-7-16-19-8-9-22(16)12-13/h2-5,8-9,13,18H,6-7,10-12H2,1H3. The lowest BCUT2D eigenvalue weighted by molar-refractivity contribution is 0.346. The summed E-state index contributed by atoms with van der Waals surface area (Å²) in [4.78, 5) is 9.09. The lowest BCUT2D eigenvalue weighted by Gasteiger charge is -2.24. The van der Waals surface area contributed by atoms with Gasteiger partial charge >= 0.3 is 0 Å². The van der Waals surface area contributed by atoms with Crippen LogP contribution in [0, 0.1) is 5.92 Å². The topological polar surface area (TPSA) is 47.7 Å². The Balaban J connectivity index is 1.38. The molecule has 1 aliphatic rings. The van der Waals surface area contributed by atoms with E-state index in [1.165, 1.54) is 17.8 Å². The molecule has 0 radical (unpaired) electrons. The van der Waals surface area contributed by atoms with E-state index in [1.807, 2.05) is 12.3 Å². The van der Waals surface area contributed by atoms with Crippen LogP contribution < -0.4 is 5.32 Å². The van der Waals surface area contributed by atoms with Crippen LogP contribution in [0.3, 0.4) is 0 Å². The summed E-state index contributed by atoms with van der Waals surface area (Å²) in [7, 11) is 2.09. The van der Waals surface area contributed by atoms with Crippen molar-refractivity contribution in [1.82, 2.24) is 24.4 Å². The molecule has 1 N–H and O–H groups in total. The van der Waals surface area contributed by atoms with Gasteiger partial charge in [-0.25, -0.2) is 9.97 Å². The van der Waals surface area contributed by atoms with Gasteiger partial charge in [-0.1, -0.05) is 12.1 Å². The summed E-state index contributed by atoms with van der Waals surface area (Å²) in [6, 6.07) is 8.29. The zero-order valence-corrected chi connectivity index (χ0v) is 12.9. The van der Waals surface area contributed by atoms with Crippen LogP contribution in [0.25, 0.3) is 11.0 Å². The summed E-state index contributed by atoms with van der Waals surface area (Å²) < 4.78 is 4.46. The first kappa shape index (κ1) is 13.5. The van der Waals surface area contributed by atoms with E-state index in [1.54, 1.807) is 0 Å². The predicted octanol–water partition coefficient (Wildman–Crippen LogP) is 2.12. The molecule has 3 aromatic rings. The molecular formula is C17H21N5. The molecule has 0 aliphatic carbocycles. The fourth-order valence-corrected chi connectivity index (χ4v) is 3.35. The third-order valence-corrected chi connectivity index (χ3v) is 4.63. The first-order valence-corrected chi connectivity index (χ1v) is 7.92. The molecule has 2 aromatic heterocycles. The summed E-state index contributed by atoms with van der Waals surface area (Å²) >= 11 is 0. The fraction of sp³-hybridized carbons (Fsp3) is 0.412. The Bertz CT molecular complexity index is 785. The van der Waals surface area contributed by atoms with Crippen molar-refractivity contribution in [3.8, 4) is 0 Å². The van der Waals surface area contributed by atoms with Crippen molar-refractivity contribution >= 4 is 11.0 Å². The van der Waals surface area contributed by atoms with Crippen LogP contribution >= 0.6 is 0 Å². The Morgan fingerprint density at radius 3 is 3.14 bits per heavy atom. The van der Waals surface area contributed by atoms with Gasteiger partial charge in [0.15, 0.2) is 0 Å². The van der Waals surface area contributed by atoms with Crippen molar-refractivity contribution < 1.29 is 0 Å². The van der Waals surface area contributed by atoms with Crippen LogP contribution in [-0.4, -0.2) is 25.6 Å². The molecule has 0 bridgehead atoms. The highest BCUT2D eigenvalue weighted by Gasteiger charge is 2.18. The van der Waals surface area contributed by atoms with Crippen LogP contribution in [-0.2, 0) is 26.6 Å². The number of fused-ring (bicyclic) bond motifs is 2. The summed E-state index contributed by atoms with van der Waals surface area (Å²) in [6.45, 7) is 2.92. The number of para-hydroxylation sites is 2. The summed E-state index contributed by atoms with van der Waals surface area (Å²) in [6.07, 6.45) is 6.30. The van der Waals surface area contributed by atoms with E-state index in [4.69, 9.17) is 4.98 Å². The maximum absolute atomic E-state index is 4.71. The van der Waals surface area contributed by atoms with Gasteiger partial charge in [-0.15, -0.1) is 0 Å².